The van der Waals surface area contributed by atoms with E-state index < -0.39 is 19.1 Å². The van der Waals surface area contributed by atoms with Crippen molar-refractivity contribution in [3.05, 3.63) is 12.7 Å². The van der Waals surface area contributed by atoms with Crippen molar-refractivity contribution in [2.45, 2.75) is 25.5 Å². The van der Waals surface area contributed by atoms with Crippen molar-refractivity contribution < 1.29 is 22.3 Å². The minimum Gasteiger partial charge on any atom is -0.316 e. The van der Waals surface area contributed by atoms with Crippen LogP contribution in [0.25, 0.3) is 0 Å². The van der Waals surface area contributed by atoms with E-state index in [1.54, 1.807) is 0 Å². The van der Waals surface area contributed by atoms with Gasteiger partial charge >= 0.3 is 12.5 Å². The zero-order valence-electron chi connectivity index (χ0n) is 7.62. The second-order valence-corrected chi connectivity index (χ2v) is 2.72. The molecule has 0 N–H and O–H groups in total. The van der Waals surface area contributed by atoms with Crippen LogP contribution < -0.4 is 0 Å². The molecule has 0 aliphatic heterocycles. The third-order valence-corrected chi connectivity index (χ3v) is 1.55. The lowest BCUT2D eigenvalue weighted by Gasteiger charge is -2.15. The molecule has 0 aliphatic carbocycles. The van der Waals surface area contributed by atoms with E-state index in [-0.39, 0.29) is 6.42 Å². The van der Waals surface area contributed by atoms with Gasteiger partial charge in [-0.3, -0.25) is 4.68 Å². The molecule has 86 valence electrons. The van der Waals surface area contributed by atoms with Gasteiger partial charge in [0.15, 0.2) is 0 Å². The first-order valence-electron chi connectivity index (χ1n) is 4.14. The minimum absolute atomic E-state index is 0.158. The number of alkyl halides is 4. The fourth-order valence-corrected chi connectivity index (χ4v) is 0.846. The predicted molar refractivity (Wildman–Crippen MR) is 41.5 cm³/mol. The molecule has 4 nitrogen and oxygen atoms in total. The van der Waals surface area contributed by atoms with Crippen LogP contribution in [0.1, 0.15) is 6.42 Å². The van der Waals surface area contributed by atoms with Crippen LogP contribution in [0.3, 0.4) is 0 Å². The van der Waals surface area contributed by atoms with Crippen LogP contribution in [0.5, 0.6) is 0 Å². The summed E-state index contributed by atoms with van der Waals surface area (Å²) in [5.41, 5.74) is 0. The molecule has 0 aromatic carbocycles. The fraction of sp³-hybridized carbons (Fsp3) is 0.714. The van der Waals surface area contributed by atoms with Gasteiger partial charge in [0, 0.05) is 6.54 Å². The van der Waals surface area contributed by atoms with Gasteiger partial charge in [0.1, 0.15) is 12.7 Å². The molecular formula is C7H9F4N3O. The highest BCUT2D eigenvalue weighted by molar-refractivity contribution is 4.57. The second kappa shape index (κ2) is 5.06. The van der Waals surface area contributed by atoms with Gasteiger partial charge in [-0.25, -0.2) is 13.8 Å². The van der Waals surface area contributed by atoms with Crippen molar-refractivity contribution in [3.8, 4) is 0 Å². The molecule has 1 aromatic rings. The zero-order chi connectivity index (χ0) is 11.3. The number of halogens is 4. The maximum atomic E-state index is 12.2. The molecule has 0 amide bonds. The Morgan fingerprint density at radius 1 is 1.40 bits per heavy atom. The Hall–Kier alpha value is -1.18. The molecule has 0 atom stereocenters. The third-order valence-electron chi connectivity index (χ3n) is 1.55. The summed E-state index contributed by atoms with van der Waals surface area (Å²) in [6.07, 6.45) is -5.34. The summed E-state index contributed by atoms with van der Waals surface area (Å²) in [5.74, 6) is 0. The quantitative estimate of drug-likeness (QED) is 0.546. The number of nitrogens with zero attached hydrogens (tertiary/aromatic N) is 3. The summed E-state index contributed by atoms with van der Waals surface area (Å²) in [6.45, 7) is -0.170. The molecule has 0 bridgehead atoms. The van der Waals surface area contributed by atoms with Gasteiger partial charge in [-0.2, -0.15) is 13.9 Å². The number of aryl methyl sites for hydroxylation is 1. The van der Waals surface area contributed by atoms with Crippen molar-refractivity contribution in [1.29, 1.82) is 0 Å². The lowest BCUT2D eigenvalue weighted by Crippen LogP contribution is -2.30. The molecule has 0 unspecified atom stereocenters. The van der Waals surface area contributed by atoms with Gasteiger partial charge in [0.2, 0.25) is 0 Å². The normalized spacial score (nSPS) is 12.3. The van der Waals surface area contributed by atoms with Gasteiger partial charge in [0.05, 0.1) is 6.61 Å². The maximum absolute atomic E-state index is 12.2. The Bertz CT molecular complexity index is 278. The molecule has 0 spiro atoms. The van der Waals surface area contributed by atoms with E-state index in [1.165, 1.54) is 17.3 Å². The number of rotatable bonds is 6. The van der Waals surface area contributed by atoms with Crippen LogP contribution in [0, 0.1) is 0 Å². The lowest BCUT2D eigenvalue weighted by atomic mass is 10.4. The number of hydrogen-bond acceptors (Lipinski definition) is 3. The van der Waals surface area contributed by atoms with E-state index in [9.17, 15) is 17.6 Å². The number of hydrogen-bond donors (Lipinski definition) is 0. The van der Waals surface area contributed by atoms with Gasteiger partial charge in [0.25, 0.3) is 0 Å². The van der Waals surface area contributed by atoms with E-state index in [0.29, 0.717) is 6.54 Å². The second-order valence-electron chi connectivity index (χ2n) is 2.72. The largest absolute Gasteiger partial charge is 0.416 e. The summed E-state index contributed by atoms with van der Waals surface area (Å²) in [5, 5.41) is 3.70. The molecule has 0 radical (unpaired) electrons. The molecule has 0 fully saturated rings. The van der Waals surface area contributed by atoms with Crippen LogP contribution in [0.4, 0.5) is 17.6 Å². The molecule has 8 heteroatoms. The molecule has 1 heterocycles. The fourth-order valence-electron chi connectivity index (χ4n) is 0.846. The van der Waals surface area contributed by atoms with E-state index in [1.807, 2.05) is 0 Å². The summed E-state index contributed by atoms with van der Waals surface area (Å²) in [6, 6.07) is 0. The van der Waals surface area contributed by atoms with Crippen molar-refractivity contribution >= 4 is 0 Å². The summed E-state index contributed by atoms with van der Waals surface area (Å²) < 4.78 is 52.8. The van der Waals surface area contributed by atoms with E-state index in [4.69, 9.17) is 0 Å². The van der Waals surface area contributed by atoms with Gasteiger partial charge < -0.3 is 4.74 Å². The van der Waals surface area contributed by atoms with E-state index >= 15 is 0 Å². The summed E-state index contributed by atoms with van der Waals surface area (Å²) in [7, 11) is 0. The van der Waals surface area contributed by atoms with Crippen LogP contribution in [-0.4, -0.2) is 33.9 Å². The van der Waals surface area contributed by atoms with E-state index in [0.717, 1.165) is 0 Å². The average molecular weight is 227 g/mol. The topological polar surface area (TPSA) is 39.9 Å². The Morgan fingerprint density at radius 2 is 2.13 bits per heavy atom. The first-order chi connectivity index (χ1) is 7.02. The summed E-state index contributed by atoms with van der Waals surface area (Å²) in [4.78, 5) is 3.62. The van der Waals surface area contributed by atoms with Crippen LogP contribution in [0.15, 0.2) is 12.7 Å². The lowest BCUT2D eigenvalue weighted by molar-refractivity contribution is -0.300. The maximum Gasteiger partial charge on any atom is 0.416 e. The Morgan fingerprint density at radius 3 is 2.67 bits per heavy atom. The van der Waals surface area contributed by atoms with Crippen molar-refractivity contribution in [1.82, 2.24) is 14.8 Å². The predicted octanol–water partition coefficient (Wildman–Crippen LogP) is 1.54. The first-order valence-corrected chi connectivity index (χ1v) is 4.14. The molecule has 0 saturated carbocycles. The van der Waals surface area contributed by atoms with Gasteiger partial charge in [-0.15, -0.1) is 0 Å². The van der Waals surface area contributed by atoms with Gasteiger partial charge in [-0.05, 0) is 6.42 Å². The van der Waals surface area contributed by atoms with Crippen molar-refractivity contribution in [2.75, 3.05) is 6.61 Å². The average Bonchev–Trinajstić information content (AvgIpc) is 2.64. The first kappa shape index (κ1) is 11.9. The van der Waals surface area contributed by atoms with Crippen molar-refractivity contribution in [2.24, 2.45) is 0 Å². The standard InChI is InChI=1S/C7H9F4N3O/c8-6(9)7(10,11)15-3-1-2-14-5-12-4-13-14/h4-6H,1-3H2. The third kappa shape index (κ3) is 3.82. The highest BCUT2D eigenvalue weighted by Crippen LogP contribution is 2.24. The molecular weight excluding hydrogens is 218 g/mol. The molecule has 15 heavy (non-hydrogen) atoms. The molecule has 1 aromatic heterocycles. The molecule has 0 aliphatic rings. The Labute approximate surface area is 82.9 Å². The molecule has 1 rings (SSSR count). The monoisotopic (exact) mass is 227 g/mol. The van der Waals surface area contributed by atoms with Crippen LogP contribution in [-0.2, 0) is 11.3 Å². The Kier molecular flexibility index (Phi) is 4.01. The number of aromatic nitrogens is 3. The zero-order valence-corrected chi connectivity index (χ0v) is 7.62. The number of ether oxygens (including phenoxy) is 1. The SMILES string of the molecule is FC(F)C(F)(F)OCCCn1cncn1. The highest BCUT2D eigenvalue weighted by atomic mass is 19.3. The van der Waals surface area contributed by atoms with Crippen molar-refractivity contribution in [3.63, 3.8) is 0 Å². The Balaban J connectivity index is 2.17. The highest BCUT2D eigenvalue weighted by Gasteiger charge is 2.41. The van der Waals surface area contributed by atoms with Crippen LogP contribution >= 0.6 is 0 Å². The summed E-state index contributed by atoms with van der Waals surface area (Å²) >= 11 is 0. The molecule has 0 saturated heterocycles. The van der Waals surface area contributed by atoms with Gasteiger partial charge in [-0.1, -0.05) is 0 Å². The van der Waals surface area contributed by atoms with Crippen LogP contribution in [0.2, 0.25) is 0 Å². The smallest absolute Gasteiger partial charge is 0.316 e. The minimum atomic E-state index is -4.37. The van der Waals surface area contributed by atoms with E-state index in [2.05, 4.69) is 14.8 Å².